The number of alkyl halides is 3. The third-order valence-electron chi connectivity index (χ3n) is 4.17. The Morgan fingerprint density at radius 3 is 2.28 bits per heavy atom. The van der Waals surface area contributed by atoms with E-state index in [9.17, 15) is 39.5 Å². The van der Waals surface area contributed by atoms with Gasteiger partial charge in [-0.15, -0.1) is 0 Å². The van der Waals surface area contributed by atoms with Crippen molar-refractivity contribution in [3.8, 4) is 6.07 Å². The number of rotatable bonds is 7. The summed E-state index contributed by atoms with van der Waals surface area (Å²) in [7, 11) is -4.32. The van der Waals surface area contributed by atoms with Crippen LogP contribution in [-0.2, 0) is 32.1 Å². The summed E-state index contributed by atoms with van der Waals surface area (Å²) in [6.07, 6.45) is -4.91. The normalized spacial score (nSPS) is 14.8. The van der Waals surface area contributed by atoms with E-state index in [0.29, 0.717) is 6.07 Å². The van der Waals surface area contributed by atoms with Crippen LogP contribution >= 0.6 is 0 Å². The summed E-state index contributed by atoms with van der Waals surface area (Å²) in [5.41, 5.74) is -4.76. The van der Waals surface area contributed by atoms with Crippen LogP contribution in [-0.4, -0.2) is 34.4 Å². The largest absolute Gasteiger partial charge is 0.417 e. The molecule has 0 aliphatic rings. The Morgan fingerprint density at radius 1 is 1.19 bits per heavy atom. The van der Waals surface area contributed by atoms with E-state index in [-0.39, 0.29) is 4.90 Å². The minimum Gasteiger partial charge on any atom is -0.324 e. The number of hydrogen-bond acceptors (Lipinski definition) is 5. The van der Waals surface area contributed by atoms with E-state index < -0.39 is 67.1 Å². The first-order chi connectivity index (χ1) is 14.7. The fraction of sp³-hybridized carbons (Fsp3) is 0.222. The van der Waals surface area contributed by atoms with Crippen molar-refractivity contribution in [1.82, 2.24) is 4.72 Å². The Balaban J connectivity index is 2.41. The van der Waals surface area contributed by atoms with Crippen LogP contribution in [0.3, 0.4) is 0 Å². The van der Waals surface area contributed by atoms with Gasteiger partial charge in [-0.1, -0.05) is 0 Å². The number of nitriles is 1. The van der Waals surface area contributed by atoms with Crippen LogP contribution in [0.2, 0.25) is 0 Å². The molecule has 2 aromatic carbocycles. The van der Waals surface area contributed by atoms with Gasteiger partial charge in [0.25, 0.3) is 0 Å². The Bertz CT molecular complexity index is 1190. The number of sulfone groups is 1. The van der Waals surface area contributed by atoms with Gasteiger partial charge in [0, 0.05) is 5.69 Å². The van der Waals surface area contributed by atoms with Crippen LogP contribution in [0.25, 0.3) is 0 Å². The molecule has 2 unspecified atom stereocenters. The molecule has 0 saturated carbocycles. The minimum absolute atomic E-state index is 0.388. The summed E-state index contributed by atoms with van der Waals surface area (Å²) in [5.74, 6) is -3.06. The van der Waals surface area contributed by atoms with Gasteiger partial charge in [-0.25, -0.2) is 17.0 Å². The second kappa shape index (κ2) is 9.33. The molecule has 0 fully saturated rings. The molecule has 0 aliphatic heterocycles. The zero-order valence-corrected chi connectivity index (χ0v) is 17.7. The lowest BCUT2D eigenvalue weighted by molar-refractivity contribution is -0.137. The van der Waals surface area contributed by atoms with Crippen LogP contribution in [0, 0.1) is 17.1 Å². The highest BCUT2D eigenvalue weighted by atomic mass is 32.2. The molecule has 0 bridgehead atoms. The monoisotopic (exact) mass is 493 g/mol. The van der Waals surface area contributed by atoms with E-state index in [1.807, 2.05) is 4.72 Å². The molecule has 0 spiro atoms. The Labute approximate surface area is 182 Å². The molecule has 0 aliphatic carbocycles. The Hall–Kier alpha value is -2.86. The summed E-state index contributed by atoms with van der Waals surface area (Å²) in [4.78, 5) is 12.4. The molecule has 8 nitrogen and oxygen atoms in total. The van der Waals surface area contributed by atoms with Gasteiger partial charge < -0.3 is 5.32 Å². The van der Waals surface area contributed by atoms with Crippen LogP contribution in [0.1, 0.15) is 18.1 Å². The highest BCUT2D eigenvalue weighted by Crippen LogP contribution is 2.33. The zero-order valence-electron chi connectivity index (χ0n) is 16.1. The van der Waals surface area contributed by atoms with Gasteiger partial charge in [-0.05, 0) is 49.4 Å². The number of carbonyl (C=O) groups excluding carboxylic acids is 1. The second-order valence-electron chi connectivity index (χ2n) is 6.72. The van der Waals surface area contributed by atoms with E-state index >= 15 is 0 Å². The zero-order chi connectivity index (χ0) is 24.3. The van der Waals surface area contributed by atoms with Crippen molar-refractivity contribution in [2.45, 2.75) is 23.5 Å². The van der Waals surface area contributed by atoms with E-state index in [0.717, 1.165) is 43.3 Å². The predicted molar refractivity (Wildman–Crippen MR) is 106 cm³/mol. The number of benzene rings is 2. The maximum Gasteiger partial charge on any atom is 0.417 e. The lowest BCUT2D eigenvalue weighted by Gasteiger charge is -2.27. The molecule has 0 heterocycles. The number of carbonyl (C=O) groups is 1. The summed E-state index contributed by atoms with van der Waals surface area (Å²) in [5, 5.41) is 10.9. The van der Waals surface area contributed by atoms with Crippen molar-refractivity contribution in [2.75, 3.05) is 11.1 Å². The van der Waals surface area contributed by atoms with Gasteiger partial charge in [0.15, 0.2) is 9.84 Å². The quantitative estimate of drug-likeness (QED) is 0.308. The predicted octanol–water partition coefficient (Wildman–Crippen LogP) is 2.61. The molecule has 3 N–H and O–H groups in total. The number of halogens is 4. The van der Waals surface area contributed by atoms with E-state index in [2.05, 4.69) is 5.32 Å². The highest BCUT2D eigenvalue weighted by Gasteiger charge is 2.41. The van der Waals surface area contributed by atoms with Crippen molar-refractivity contribution in [3.05, 3.63) is 59.4 Å². The SMILES string of the molecule is CC(CS(=O)(=O)c1ccc(F)cc1)(NS(=O)O)C(=O)Nc1ccc(C#N)c(C(F)(F)F)c1. The topological polar surface area (TPSA) is 136 Å². The first kappa shape index (κ1) is 25.4. The first-order valence-corrected chi connectivity index (χ1v) is 11.2. The average molecular weight is 493 g/mol. The lowest BCUT2D eigenvalue weighted by atomic mass is 10.0. The number of nitrogens with zero attached hydrogens (tertiary/aromatic N) is 1. The molecule has 2 atom stereocenters. The van der Waals surface area contributed by atoms with Gasteiger partial charge >= 0.3 is 6.18 Å². The summed E-state index contributed by atoms with van der Waals surface area (Å²) in [6, 6.07) is 7.20. The Morgan fingerprint density at radius 2 is 1.78 bits per heavy atom. The van der Waals surface area contributed by atoms with Gasteiger partial charge in [0.1, 0.15) is 11.4 Å². The number of nitrogens with one attached hydrogen (secondary N) is 2. The van der Waals surface area contributed by atoms with Crippen molar-refractivity contribution in [2.24, 2.45) is 0 Å². The molecule has 0 saturated heterocycles. The van der Waals surface area contributed by atoms with Crippen LogP contribution in [0.15, 0.2) is 47.4 Å². The highest BCUT2D eigenvalue weighted by molar-refractivity contribution is 7.91. The van der Waals surface area contributed by atoms with Crippen molar-refractivity contribution in [1.29, 1.82) is 5.26 Å². The van der Waals surface area contributed by atoms with Crippen molar-refractivity contribution >= 4 is 32.7 Å². The third-order valence-corrected chi connectivity index (χ3v) is 6.74. The average Bonchev–Trinajstić information content (AvgIpc) is 2.66. The standard InChI is InChI=1S/C18H15F4N3O5S2/c1-17(25-31(27)28,10-32(29,30)14-6-3-12(19)4-7-14)16(26)24-13-5-2-11(9-23)15(8-13)18(20,21)22/h2-8,25H,10H2,1H3,(H,24,26)(H,27,28). The smallest absolute Gasteiger partial charge is 0.324 e. The fourth-order valence-corrected chi connectivity index (χ4v) is 4.98. The van der Waals surface area contributed by atoms with Gasteiger partial charge in [-0.3, -0.25) is 9.35 Å². The maximum atomic E-state index is 13.1. The number of anilines is 1. The third kappa shape index (κ3) is 6.10. The van der Waals surface area contributed by atoms with E-state index in [4.69, 9.17) is 5.26 Å². The summed E-state index contributed by atoms with van der Waals surface area (Å²) in [6.45, 7) is 0.950. The molecular weight excluding hydrogens is 478 g/mol. The van der Waals surface area contributed by atoms with Gasteiger partial charge in [0.05, 0.1) is 27.8 Å². The lowest BCUT2D eigenvalue weighted by Crippen LogP contribution is -2.57. The number of hydrogen-bond donors (Lipinski definition) is 3. The maximum absolute atomic E-state index is 13.1. The molecule has 2 aromatic rings. The van der Waals surface area contributed by atoms with Gasteiger partial charge in [-0.2, -0.15) is 23.2 Å². The molecule has 1 amide bonds. The van der Waals surface area contributed by atoms with Gasteiger partial charge in [0.2, 0.25) is 17.2 Å². The molecule has 2 rings (SSSR count). The summed E-state index contributed by atoms with van der Waals surface area (Å²) < 4.78 is 100. The summed E-state index contributed by atoms with van der Waals surface area (Å²) >= 11 is -2.89. The van der Waals surface area contributed by atoms with Crippen molar-refractivity contribution in [3.63, 3.8) is 0 Å². The fourth-order valence-electron chi connectivity index (χ4n) is 2.66. The molecule has 172 valence electrons. The minimum atomic E-state index is -4.91. The second-order valence-corrected chi connectivity index (χ2v) is 9.41. The Kier molecular flexibility index (Phi) is 7.40. The van der Waals surface area contributed by atoms with Crippen LogP contribution in [0.4, 0.5) is 23.2 Å². The van der Waals surface area contributed by atoms with Crippen LogP contribution in [0.5, 0.6) is 0 Å². The van der Waals surface area contributed by atoms with E-state index in [1.165, 1.54) is 6.07 Å². The van der Waals surface area contributed by atoms with Crippen molar-refractivity contribution < 1.29 is 39.5 Å². The number of amides is 1. The molecule has 14 heteroatoms. The molecular formula is C18H15F4N3O5S2. The first-order valence-electron chi connectivity index (χ1n) is 8.48. The molecule has 0 radical (unpaired) electrons. The van der Waals surface area contributed by atoms with E-state index in [1.54, 1.807) is 0 Å². The van der Waals surface area contributed by atoms with Crippen LogP contribution < -0.4 is 10.0 Å². The molecule has 0 aromatic heterocycles. The molecule has 32 heavy (non-hydrogen) atoms.